The molecule has 0 aromatic heterocycles. The lowest BCUT2D eigenvalue weighted by Crippen LogP contribution is -2.24. The molecule has 0 aromatic carbocycles. The van der Waals surface area contributed by atoms with E-state index in [1.807, 2.05) is 13.8 Å². The maximum absolute atomic E-state index is 11.1. The van der Waals surface area contributed by atoms with Crippen LogP contribution >= 0.6 is 0 Å². The summed E-state index contributed by atoms with van der Waals surface area (Å²) in [6.07, 6.45) is 0.935. The monoisotopic (exact) mass is 237 g/mol. The Kier molecular flexibility index (Phi) is 8.00. The molecule has 0 saturated carbocycles. The van der Waals surface area contributed by atoms with Gasteiger partial charge in [0.15, 0.2) is 0 Å². The van der Waals surface area contributed by atoms with Crippen LogP contribution in [0.4, 0.5) is 0 Å². The molecule has 0 fully saturated rings. The van der Waals surface area contributed by atoms with Crippen LogP contribution in [0.3, 0.4) is 0 Å². The SMILES string of the molecule is CCS(=O)(=O)CCCNCCOC(C)C. The zero-order chi connectivity index (χ0) is 11.7. The molecular formula is C10H23NO3S. The molecule has 0 aliphatic rings. The Morgan fingerprint density at radius 2 is 1.93 bits per heavy atom. The van der Waals surface area contributed by atoms with Crippen LogP contribution < -0.4 is 5.32 Å². The van der Waals surface area contributed by atoms with E-state index in [1.54, 1.807) is 6.92 Å². The van der Waals surface area contributed by atoms with E-state index in [-0.39, 0.29) is 17.6 Å². The first-order chi connectivity index (χ1) is 6.98. The molecule has 0 rings (SSSR count). The van der Waals surface area contributed by atoms with Crippen molar-refractivity contribution in [3.05, 3.63) is 0 Å². The van der Waals surface area contributed by atoms with E-state index in [0.717, 1.165) is 13.1 Å². The second kappa shape index (κ2) is 8.07. The number of rotatable bonds is 9. The van der Waals surface area contributed by atoms with Gasteiger partial charge in [0, 0.05) is 12.3 Å². The molecule has 5 heteroatoms. The van der Waals surface area contributed by atoms with E-state index in [2.05, 4.69) is 5.32 Å². The third-order valence-corrected chi connectivity index (χ3v) is 3.77. The molecule has 4 nitrogen and oxygen atoms in total. The summed E-state index contributed by atoms with van der Waals surface area (Å²) in [5.74, 6) is 0.519. The number of hydrogen-bond acceptors (Lipinski definition) is 4. The van der Waals surface area contributed by atoms with Gasteiger partial charge in [-0.25, -0.2) is 8.42 Å². The van der Waals surface area contributed by atoms with Gasteiger partial charge in [0.05, 0.1) is 18.5 Å². The summed E-state index contributed by atoms with van der Waals surface area (Å²) in [6.45, 7) is 7.87. The van der Waals surface area contributed by atoms with E-state index in [0.29, 0.717) is 13.0 Å². The number of ether oxygens (including phenoxy) is 1. The fourth-order valence-corrected chi connectivity index (χ4v) is 1.93. The fraction of sp³-hybridized carbons (Fsp3) is 1.00. The first kappa shape index (κ1) is 14.9. The minimum Gasteiger partial charge on any atom is -0.377 e. The summed E-state index contributed by atoms with van der Waals surface area (Å²) in [5, 5.41) is 3.15. The van der Waals surface area contributed by atoms with E-state index in [9.17, 15) is 8.42 Å². The van der Waals surface area contributed by atoms with Gasteiger partial charge in [-0.2, -0.15) is 0 Å². The molecule has 0 spiro atoms. The highest BCUT2D eigenvalue weighted by Crippen LogP contribution is 1.92. The summed E-state index contributed by atoms with van der Waals surface area (Å²) in [7, 11) is -2.80. The molecular weight excluding hydrogens is 214 g/mol. The Labute approximate surface area is 93.3 Å². The van der Waals surface area contributed by atoms with Crippen LogP contribution in [-0.4, -0.2) is 45.7 Å². The Morgan fingerprint density at radius 1 is 1.27 bits per heavy atom. The van der Waals surface area contributed by atoms with Crippen LogP contribution in [0.2, 0.25) is 0 Å². The van der Waals surface area contributed by atoms with Crippen LogP contribution in [0.25, 0.3) is 0 Å². The Hall–Kier alpha value is -0.130. The van der Waals surface area contributed by atoms with E-state index in [1.165, 1.54) is 0 Å². The Bertz CT molecular complexity index is 237. The summed E-state index contributed by atoms with van der Waals surface area (Å²) in [4.78, 5) is 0. The zero-order valence-corrected chi connectivity index (χ0v) is 10.8. The van der Waals surface area contributed by atoms with Gasteiger partial charge in [-0.15, -0.1) is 0 Å². The van der Waals surface area contributed by atoms with Crippen molar-refractivity contribution < 1.29 is 13.2 Å². The largest absolute Gasteiger partial charge is 0.377 e. The molecule has 92 valence electrons. The van der Waals surface area contributed by atoms with Gasteiger partial charge < -0.3 is 10.1 Å². The fourth-order valence-electron chi connectivity index (χ4n) is 1.05. The first-order valence-electron chi connectivity index (χ1n) is 5.50. The minimum atomic E-state index is -2.80. The molecule has 0 aliphatic carbocycles. The predicted molar refractivity (Wildman–Crippen MR) is 62.9 cm³/mol. The molecule has 1 N–H and O–H groups in total. The van der Waals surface area contributed by atoms with Gasteiger partial charge in [-0.05, 0) is 26.8 Å². The highest BCUT2D eigenvalue weighted by Gasteiger charge is 2.05. The topological polar surface area (TPSA) is 55.4 Å². The number of nitrogens with one attached hydrogen (secondary N) is 1. The average Bonchev–Trinajstić information content (AvgIpc) is 2.16. The van der Waals surface area contributed by atoms with Crippen LogP contribution in [0.15, 0.2) is 0 Å². The number of sulfone groups is 1. The molecule has 0 heterocycles. The van der Waals surface area contributed by atoms with Crippen LogP contribution in [-0.2, 0) is 14.6 Å². The van der Waals surface area contributed by atoms with Gasteiger partial charge in [0.25, 0.3) is 0 Å². The lowest BCUT2D eigenvalue weighted by Gasteiger charge is -2.08. The smallest absolute Gasteiger partial charge is 0.150 e. The molecule has 0 radical (unpaired) electrons. The molecule has 0 amide bonds. The van der Waals surface area contributed by atoms with E-state index < -0.39 is 9.84 Å². The maximum atomic E-state index is 11.1. The molecule has 0 bridgehead atoms. The zero-order valence-electron chi connectivity index (χ0n) is 9.95. The Balaban J connectivity index is 3.26. The molecule has 0 atom stereocenters. The van der Waals surface area contributed by atoms with Crippen molar-refractivity contribution in [3.8, 4) is 0 Å². The van der Waals surface area contributed by atoms with Crippen molar-refractivity contribution in [2.75, 3.05) is 31.2 Å². The second-order valence-electron chi connectivity index (χ2n) is 3.76. The van der Waals surface area contributed by atoms with Gasteiger partial charge in [-0.1, -0.05) is 6.92 Å². The van der Waals surface area contributed by atoms with Crippen LogP contribution in [0.1, 0.15) is 27.2 Å². The third kappa shape index (κ3) is 10.2. The highest BCUT2D eigenvalue weighted by atomic mass is 32.2. The lowest BCUT2D eigenvalue weighted by atomic mass is 10.4. The van der Waals surface area contributed by atoms with E-state index in [4.69, 9.17) is 4.74 Å². The van der Waals surface area contributed by atoms with Gasteiger partial charge in [0.2, 0.25) is 0 Å². The predicted octanol–water partition coefficient (Wildman–Crippen LogP) is 0.826. The maximum Gasteiger partial charge on any atom is 0.150 e. The van der Waals surface area contributed by atoms with Crippen LogP contribution in [0.5, 0.6) is 0 Å². The van der Waals surface area contributed by atoms with Crippen molar-refractivity contribution in [1.29, 1.82) is 0 Å². The van der Waals surface area contributed by atoms with Gasteiger partial charge in [0.1, 0.15) is 9.84 Å². The lowest BCUT2D eigenvalue weighted by molar-refractivity contribution is 0.0809. The van der Waals surface area contributed by atoms with Crippen molar-refractivity contribution >= 4 is 9.84 Å². The highest BCUT2D eigenvalue weighted by molar-refractivity contribution is 7.91. The minimum absolute atomic E-state index is 0.240. The normalized spacial score (nSPS) is 12.3. The van der Waals surface area contributed by atoms with E-state index >= 15 is 0 Å². The quantitative estimate of drug-likeness (QED) is 0.603. The molecule has 0 unspecified atom stereocenters. The summed E-state index contributed by atoms with van der Waals surface area (Å²) in [5.41, 5.74) is 0. The first-order valence-corrected chi connectivity index (χ1v) is 7.33. The van der Waals surface area contributed by atoms with Gasteiger partial charge >= 0.3 is 0 Å². The molecule has 15 heavy (non-hydrogen) atoms. The summed E-state index contributed by atoms with van der Waals surface area (Å²) < 4.78 is 27.6. The molecule has 0 saturated heterocycles. The number of hydrogen-bond donors (Lipinski definition) is 1. The third-order valence-electron chi connectivity index (χ3n) is 1.98. The summed E-state index contributed by atoms with van der Waals surface area (Å²) >= 11 is 0. The average molecular weight is 237 g/mol. The van der Waals surface area contributed by atoms with Crippen molar-refractivity contribution in [1.82, 2.24) is 5.32 Å². The Morgan fingerprint density at radius 3 is 2.47 bits per heavy atom. The molecule has 0 aliphatic heterocycles. The van der Waals surface area contributed by atoms with Crippen molar-refractivity contribution in [2.45, 2.75) is 33.3 Å². The van der Waals surface area contributed by atoms with Gasteiger partial charge in [-0.3, -0.25) is 0 Å². The molecule has 0 aromatic rings. The summed E-state index contributed by atoms with van der Waals surface area (Å²) in [6, 6.07) is 0. The van der Waals surface area contributed by atoms with Crippen molar-refractivity contribution in [3.63, 3.8) is 0 Å². The second-order valence-corrected chi connectivity index (χ2v) is 6.23. The standard InChI is InChI=1S/C10H23NO3S/c1-4-15(12,13)9-5-6-11-7-8-14-10(2)3/h10-11H,4-9H2,1-3H3. The van der Waals surface area contributed by atoms with Crippen LogP contribution in [0, 0.1) is 0 Å². The van der Waals surface area contributed by atoms with Crippen molar-refractivity contribution in [2.24, 2.45) is 0 Å².